The number of nitrogens with zero attached hydrogens (tertiary/aromatic N) is 5. The number of piperazine rings is 1. The van der Waals surface area contributed by atoms with E-state index in [0.29, 0.717) is 54.2 Å². The number of rotatable bonds is 4. The van der Waals surface area contributed by atoms with Crippen LogP contribution in [0.25, 0.3) is 27.7 Å². The number of hydrogen-bond donors (Lipinski definition) is 1. The first-order valence-electron chi connectivity index (χ1n) is 13.7. The van der Waals surface area contributed by atoms with Crippen molar-refractivity contribution in [1.82, 2.24) is 19.4 Å². The highest BCUT2D eigenvalue weighted by Gasteiger charge is 2.37. The molecular formula is C31H29ClF2N6O2. The van der Waals surface area contributed by atoms with Gasteiger partial charge in [0.2, 0.25) is 5.91 Å². The number of nitrogens with one attached hydrogen (secondary N) is 1. The Labute approximate surface area is 246 Å². The average molecular weight is 591 g/mol. The summed E-state index contributed by atoms with van der Waals surface area (Å²) < 4.78 is 33.5. The van der Waals surface area contributed by atoms with Crippen molar-refractivity contribution in [3.8, 4) is 16.8 Å². The van der Waals surface area contributed by atoms with Crippen LogP contribution >= 0.6 is 11.6 Å². The summed E-state index contributed by atoms with van der Waals surface area (Å²) in [7, 11) is 0. The number of fused-ring (bicyclic) bond motifs is 2. The number of benzene rings is 2. The maximum Gasteiger partial charge on any atom is 0.354 e. The van der Waals surface area contributed by atoms with Crippen LogP contribution in [0.4, 0.5) is 20.3 Å². The fourth-order valence-corrected chi connectivity index (χ4v) is 6.37. The molecule has 1 atom stereocenters. The van der Waals surface area contributed by atoms with Crippen molar-refractivity contribution in [2.24, 2.45) is 0 Å². The largest absolute Gasteiger partial charge is 0.381 e. The van der Waals surface area contributed by atoms with Crippen LogP contribution in [-0.4, -0.2) is 57.6 Å². The molecule has 11 heteroatoms. The summed E-state index contributed by atoms with van der Waals surface area (Å²) in [5.41, 5.74) is 1.09. The highest BCUT2D eigenvalue weighted by molar-refractivity contribution is 6.38. The smallest absolute Gasteiger partial charge is 0.354 e. The van der Waals surface area contributed by atoms with Gasteiger partial charge in [0.1, 0.15) is 17.2 Å². The predicted molar refractivity (Wildman–Crippen MR) is 161 cm³/mol. The SMILES string of the molecule is C=CC(=O)N1CCN2c3nc(=O)n(-c4c(C)ccnc4C(C)C)c4c(F)c(-c5ccccc5F)c(Cl)c(c34)NCC2C1. The van der Waals surface area contributed by atoms with Crippen LogP contribution in [0.3, 0.4) is 0 Å². The molecule has 1 fully saturated rings. The van der Waals surface area contributed by atoms with Crippen LogP contribution in [0.1, 0.15) is 31.0 Å². The Kier molecular flexibility index (Phi) is 6.97. The van der Waals surface area contributed by atoms with E-state index in [9.17, 15) is 9.59 Å². The van der Waals surface area contributed by atoms with E-state index in [1.807, 2.05) is 25.7 Å². The maximum absolute atomic E-state index is 17.1. The summed E-state index contributed by atoms with van der Waals surface area (Å²) >= 11 is 6.94. The summed E-state index contributed by atoms with van der Waals surface area (Å²) in [6.07, 6.45) is 2.92. The molecule has 2 aliphatic rings. The van der Waals surface area contributed by atoms with Crippen LogP contribution < -0.4 is 15.9 Å². The zero-order valence-corrected chi connectivity index (χ0v) is 24.2. The lowest BCUT2D eigenvalue weighted by atomic mass is 9.99. The summed E-state index contributed by atoms with van der Waals surface area (Å²) in [4.78, 5) is 39.1. The van der Waals surface area contributed by atoms with Gasteiger partial charge < -0.3 is 15.1 Å². The highest BCUT2D eigenvalue weighted by Crippen LogP contribution is 2.47. The van der Waals surface area contributed by atoms with E-state index in [2.05, 4.69) is 21.9 Å². The molecule has 216 valence electrons. The second-order valence-corrected chi connectivity index (χ2v) is 11.2. The monoisotopic (exact) mass is 590 g/mol. The molecule has 1 unspecified atom stereocenters. The van der Waals surface area contributed by atoms with E-state index in [1.54, 1.807) is 23.2 Å². The van der Waals surface area contributed by atoms with Gasteiger partial charge in [-0.15, -0.1) is 0 Å². The molecule has 8 nitrogen and oxygen atoms in total. The topological polar surface area (TPSA) is 83.4 Å². The zero-order chi connectivity index (χ0) is 29.9. The van der Waals surface area contributed by atoms with Crippen molar-refractivity contribution >= 4 is 39.9 Å². The summed E-state index contributed by atoms with van der Waals surface area (Å²) in [5.74, 6) is -1.54. The predicted octanol–water partition coefficient (Wildman–Crippen LogP) is 5.44. The molecule has 1 saturated heterocycles. The van der Waals surface area contributed by atoms with Crippen molar-refractivity contribution in [2.45, 2.75) is 32.7 Å². The highest BCUT2D eigenvalue weighted by atomic mass is 35.5. The molecule has 4 heterocycles. The fraction of sp³-hybridized carbons (Fsp3) is 0.290. The maximum atomic E-state index is 17.1. The van der Waals surface area contributed by atoms with Crippen LogP contribution in [0, 0.1) is 18.6 Å². The van der Waals surface area contributed by atoms with Gasteiger partial charge in [-0.05, 0) is 36.6 Å². The molecule has 2 aliphatic heterocycles. The van der Waals surface area contributed by atoms with Crippen molar-refractivity contribution in [2.75, 3.05) is 36.4 Å². The van der Waals surface area contributed by atoms with Crippen molar-refractivity contribution in [3.05, 3.63) is 87.6 Å². The summed E-state index contributed by atoms with van der Waals surface area (Å²) in [6, 6.07) is 7.25. The van der Waals surface area contributed by atoms with Gasteiger partial charge in [-0.3, -0.25) is 14.3 Å². The third-order valence-corrected chi connectivity index (χ3v) is 8.39. The molecule has 2 aromatic carbocycles. The second-order valence-electron chi connectivity index (χ2n) is 10.9. The van der Waals surface area contributed by atoms with E-state index < -0.39 is 17.3 Å². The van der Waals surface area contributed by atoms with E-state index >= 15 is 8.78 Å². The minimum absolute atomic E-state index is 0.0239. The lowest BCUT2D eigenvalue weighted by molar-refractivity contribution is -0.126. The quantitative estimate of drug-likeness (QED) is 0.319. The second kappa shape index (κ2) is 10.5. The lowest BCUT2D eigenvalue weighted by Crippen LogP contribution is -2.57. The van der Waals surface area contributed by atoms with E-state index in [-0.39, 0.29) is 45.4 Å². The number of halogens is 3. The molecule has 0 saturated carbocycles. The number of anilines is 2. The first-order chi connectivity index (χ1) is 20.1. The van der Waals surface area contributed by atoms with Gasteiger partial charge in [-0.25, -0.2) is 13.6 Å². The van der Waals surface area contributed by atoms with Crippen LogP contribution in [-0.2, 0) is 4.79 Å². The minimum atomic E-state index is -0.844. The minimum Gasteiger partial charge on any atom is -0.381 e. The fourth-order valence-electron chi connectivity index (χ4n) is 6.02. The Hall–Kier alpha value is -4.31. The van der Waals surface area contributed by atoms with Gasteiger partial charge in [-0.1, -0.05) is 50.2 Å². The molecular weight excluding hydrogens is 562 g/mol. The number of amides is 1. The molecule has 2 aromatic heterocycles. The molecule has 0 bridgehead atoms. The third kappa shape index (κ3) is 4.24. The van der Waals surface area contributed by atoms with Gasteiger partial charge in [0.05, 0.1) is 33.5 Å². The van der Waals surface area contributed by atoms with E-state index in [0.717, 1.165) is 0 Å². The number of hydrogen-bond acceptors (Lipinski definition) is 6. The molecule has 1 N–H and O–H groups in total. The van der Waals surface area contributed by atoms with Crippen molar-refractivity contribution < 1.29 is 13.6 Å². The first-order valence-corrected chi connectivity index (χ1v) is 14.1. The number of aromatic nitrogens is 3. The first kappa shape index (κ1) is 27.8. The van der Waals surface area contributed by atoms with Gasteiger partial charge in [0.25, 0.3) is 0 Å². The molecule has 6 rings (SSSR count). The van der Waals surface area contributed by atoms with Gasteiger partial charge in [0.15, 0.2) is 5.82 Å². The summed E-state index contributed by atoms with van der Waals surface area (Å²) in [6.45, 7) is 10.7. The van der Waals surface area contributed by atoms with Gasteiger partial charge in [-0.2, -0.15) is 4.98 Å². The molecule has 1 amide bonds. The standard InChI is InChI=1S/C31H29ClF2N6O2/c1-5-21(41)38-12-13-39-18(15-38)14-36-27-23-29(25(34)22(24(27)32)19-8-6-7-9-20(19)33)40(31(42)37-30(23)39)28-17(4)10-11-35-26(28)16(2)3/h5-11,16,18,36H,1,12-15H2,2-4H3. The molecule has 0 radical (unpaired) electrons. The van der Waals surface area contributed by atoms with Crippen LogP contribution in [0.5, 0.6) is 0 Å². The Morgan fingerprint density at radius 1 is 1.21 bits per heavy atom. The van der Waals surface area contributed by atoms with Crippen LogP contribution in [0.2, 0.25) is 5.02 Å². The molecule has 0 spiro atoms. The van der Waals surface area contributed by atoms with E-state index in [4.69, 9.17) is 11.6 Å². The normalized spacial score (nSPS) is 16.3. The average Bonchev–Trinajstić information content (AvgIpc) is 3.13. The summed E-state index contributed by atoms with van der Waals surface area (Å²) in [5, 5.41) is 3.63. The number of aryl methyl sites for hydroxylation is 1. The number of carbonyl (C=O) groups excluding carboxylic acids is 1. The Balaban J connectivity index is 1.74. The Bertz CT molecular complexity index is 1840. The third-order valence-electron chi connectivity index (χ3n) is 8.02. The lowest BCUT2D eigenvalue weighted by Gasteiger charge is -2.41. The van der Waals surface area contributed by atoms with Crippen molar-refractivity contribution in [3.63, 3.8) is 0 Å². The van der Waals surface area contributed by atoms with E-state index in [1.165, 1.54) is 28.8 Å². The van der Waals surface area contributed by atoms with Gasteiger partial charge in [0, 0.05) is 43.5 Å². The Morgan fingerprint density at radius 2 is 1.98 bits per heavy atom. The van der Waals surface area contributed by atoms with Crippen molar-refractivity contribution in [1.29, 1.82) is 0 Å². The Morgan fingerprint density at radius 3 is 2.69 bits per heavy atom. The molecule has 4 aromatic rings. The number of carbonyl (C=O) groups is 1. The number of pyridine rings is 1. The van der Waals surface area contributed by atoms with Crippen LogP contribution in [0.15, 0.2) is 54.0 Å². The molecule has 42 heavy (non-hydrogen) atoms. The zero-order valence-electron chi connectivity index (χ0n) is 23.4. The molecule has 0 aliphatic carbocycles. The van der Waals surface area contributed by atoms with Gasteiger partial charge >= 0.3 is 5.69 Å².